The number of benzene rings is 6. The van der Waals surface area contributed by atoms with Gasteiger partial charge in [0.25, 0.3) is 0 Å². The van der Waals surface area contributed by atoms with Gasteiger partial charge in [0.2, 0.25) is 0 Å². The lowest BCUT2D eigenvalue weighted by atomic mass is 9.73. The molecule has 0 unspecified atom stereocenters. The van der Waals surface area contributed by atoms with Gasteiger partial charge in [-0.25, -0.2) is 0 Å². The number of hydrogen-bond donors (Lipinski definition) is 0. The van der Waals surface area contributed by atoms with Gasteiger partial charge in [-0.1, -0.05) is 92.7 Å². The van der Waals surface area contributed by atoms with Gasteiger partial charge in [0.15, 0.2) is 0 Å². The summed E-state index contributed by atoms with van der Waals surface area (Å²) in [5, 5.41) is 2.50. The quantitative estimate of drug-likeness (QED) is 0.200. The van der Waals surface area contributed by atoms with Crippen molar-refractivity contribution in [2.24, 2.45) is 0 Å². The maximum absolute atomic E-state index is 6.44. The zero-order valence-corrected chi connectivity index (χ0v) is 26.2. The zero-order chi connectivity index (χ0) is 30.8. The van der Waals surface area contributed by atoms with Crippen molar-refractivity contribution in [1.29, 1.82) is 0 Å². The van der Waals surface area contributed by atoms with Gasteiger partial charge in [-0.15, -0.1) is 0 Å². The van der Waals surface area contributed by atoms with E-state index in [-0.39, 0.29) is 11.0 Å². The molecule has 3 nitrogen and oxygen atoms in total. The molecule has 7 aromatic rings. The van der Waals surface area contributed by atoms with Crippen LogP contribution >= 0.6 is 0 Å². The molecule has 1 aliphatic heterocycles. The molecule has 45 heavy (non-hydrogen) atoms. The fourth-order valence-corrected chi connectivity index (χ4v) is 6.84. The highest BCUT2D eigenvalue weighted by Gasteiger charge is 2.48. The van der Waals surface area contributed by atoms with E-state index in [2.05, 4.69) is 183 Å². The zero-order valence-electron chi connectivity index (χ0n) is 26.2. The number of hydrogen-bond acceptors (Lipinski definition) is 2. The first-order valence-corrected chi connectivity index (χ1v) is 15.7. The Labute approximate surface area is 264 Å². The van der Waals surface area contributed by atoms with E-state index < -0.39 is 0 Å². The van der Waals surface area contributed by atoms with E-state index in [9.17, 15) is 0 Å². The molecule has 220 valence electrons. The van der Waals surface area contributed by atoms with Gasteiger partial charge in [-0.05, 0) is 91.7 Å². The minimum atomic E-state index is -0.290. The SMILES string of the molecule is CC1(C)Oc2ccc(-c3cc(N(c4ccccc4)c4ccccc4)cc(-n4c5ccccc5c5ccccc54)c3)cc2C1(C)C. The van der Waals surface area contributed by atoms with Crippen LogP contribution in [0.3, 0.4) is 0 Å². The molecule has 0 bridgehead atoms. The van der Waals surface area contributed by atoms with Crippen molar-refractivity contribution in [2.45, 2.75) is 38.7 Å². The summed E-state index contributed by atoms with van der Waals surface area (Å²) in [6.07, 6.45) is 0. The topological polar surface area (TPSA) is 17.4 Å². The van der Waals surface area contributed by atoms with Gasteiger partial charge in [-0.2, -0.15) is 0 Å². The summed E-state index contributed by atoms with van der Waals surface area (Å²) in [4.78, 5) is 2.35. The third-order valence-corrected chi connectivity index (χ3v) is 9.88. The van der Waals surface area contributed by atoms with Gasteiger partial charge in [0.05, 0.1) is 11.0 Å². The molecule has 0 atom stereocenters. The molecule has 0 saturated heterocycles. The molecule has 0 saturated carbocycles. The molecule has 0 aliphatic carbocycles. The van der Waals surface area contributed by atoms with Crippen LogP contribution in [-0.2, 0) is 5.41 Å². The Hall–Kier alpha value is -5.28. The van der Waals surface area contributed by atoms with E-state index in [0.717, 1.165) is 34.1 Å². The van der Waals surface area contributed by atoms with E-state index >= 15 is 0 Å². The second kappa shape index (κ2) is 10.1. The second-order valence-electron chi connectivity index (χ2n) is 13.1. The lowest BCUT2D eigenvalue weighted by molar-refractivity contribution is 0.0712. The third kappa shape index (κ3) is 4.34. The van der Waals surface area contributed by atoms with Crippen LogP contribution in [-0.4, -0.2) is 10.2 Å². The van der Waals surface area contributed by atoms with Gasteiger partial charge < -0.3 is 14.2 Å². The van der Waals surface area contributed by atoms with Crippen LogP contribution in [0, 0.1) is 0 Å². The number of para-hydroxylation sites is 4. The predicted octanol–water partition coefficient (Wildman–Crippen LogP) is 11.4. The monoisotopic (exact) mass is 584 g/mol. The number of ether oxygens (including phenoxy) is 1. The van der Waals surface area contributed by atoms with Crippen LogP contribution < -0.4 is 9.64 Å². The largest absolute Gasteiger partial charge is 0.487 e. The standard InChI is InChI=1S/C42H36N2O/c1-41(2)37-27-29(23-24-40(37)45-42(41,3)4)30-25-33(43(31-15-7-5-8-16-31)32-17-9-6-10-18-32)28-34(26-30)44-38-21-13-11-19-35(38)36-20-12-14-22-39(36)44/h5-28H,1-4H3. The van der Waals surface area contributed by atoms with E-state index in [1.54, 1.807) is 0 Å². The van der Waals surface area contributed by atoms with E-state index in [0.29, 0.717) is 0 Å². The molecular weight excluding hydrogens is 548 g/mol. The van der Waals surface area contributed by atoms with Crippen molar-refractivity contribution >= 4 is 38.9 Å². The molecule has 0 N–H and O–H groups in total. The van der Waals surface area contributed by atoms with Crippen molar-refractivity contribution in [1.82, 2.24) is 4.57 Å². The summed E-state index contributed by atoms with van der Waals surface area (Å²) in [5.74, 6) is 0.975. The number of nitrogens with zero attached hydrogens (tertiary/aromatic N) is 2. The lowest BCUT2D eigenvalue weighted by Gasteiger charge is -2.33. The Morgan fingerprint density at radius 3 is 1.67 bits per heavy atom. The Bertz CT molecular complexity index is 2100. The smallest absolute Gasteiger partial charge is 0.124 e. The molecule has 0 spiro atoms. The highest BCUT2D eigenvalue weighted by atomic mass is 16.5. The van der Waals surface area contributed by atoms with Crippen molar-refractivity contribution in [3.8, 4) is 22.6 Å². The maximum atomic E-state index is 6.44. The number of anilines is 3. The molecule has 6 aromatic carbocycles. The predicted molar refractivity (Wildman–Crippen MR) is 189 cm³/mol. The first kappa shape index (κ1) is 27.3. The van der Waals surface area contributed by atoms with Gasteiger partial charge in [-0.3, -0.25) is 0 Å². The fourth-order valence-electron chi connectivity index (χ4n) is 6.84. The molecule has 0 amide bonds. The average Bonchev–Trinajstić information content (AvgIpc) is 3.49. The van der Waals surface area contributed by atoms with Crippen molar-refractivity contribution in [3.63, 3.8) is 0 Å². The molecule has 3 heteroatoms. The van der Waals surface area contributed by atoms with Crippen LogP contribution in [0.4, 0.5) is 17.1 Å². The van der Waals surface area contributed by atoms with E-state index in [4.69, 9.17) is 4.74 Å². The first-order chi connectivity index (χ1) is 21.8. The van der Waals surface area contributed by atoms with Crippen LogP contribution in [0.1, 0.15) is 33.3 Å². The highest BCUT2D eigenvalue weighted by molar-refractivity contribution is 6.09. The Balaban J connectivity index is 1.42. The number of fused-ring (bicyclic) bond motifs is 4. The van der Waals surface area contributed by atoms with Gasteiger partial charge in [0, 0.05) is 44.5 Å². The Morgan fingerprint density at radius 2 is 1.07 bits per heavy atom. The summed E-state index contributed by atoms with van der Waals surface area (Å²) in [5.41, 5.74) is 9.97. The van der Waals surface area contributed by atoms with E-state index in [1.165, 1.54) is 32.9 Å². The van der Waals surface area contributed by atoms with Gasteiger partial charge >= 0.3 is 0 Å². The molecule has 2 heterocycles. The van der Waals surface area contributed by atoms with Crippen LogP contribution in [0.2, 0.25) is 0 Å². The third-order valence-electron chi connectivity index (χ3n) is 9.88. The Morgan fingerprint density at radius 1 is 0.511 bits per heavy atom. The normalized spacial score (nSPS) is 14.8. The minimum absolute atomic E-state index is 0.133. The van der Waals surface area contributed by atoms with Gasteiger partial charge in [0.1, 0.15) is 11.4 Å². The average molecular weight is 585 g/mol. The summed E-state index contributed by atoms with van der Waals surface area (Å²) < 4.78 is 8.86. The fraction of sp³-hybridized carbons (Fsp3) is 0.143. The highest BCUT2D eigenvalue weighted by Crippen LogP contribution is 2.50. The molecule has 1 aromatic heterocycles. The van der Waals surface area contributed by atoms with Crippen molar-refractivity contribution in [2.75, 3.05) is 4.90 Å². The molecular formula is C42H36N2O. The lowest BCUT2D eigenvalue weighted by Crippen LogP contribution is -2.41. The molecule has 8 rings (SSSR count). The van der Waals surface area contributed by atoms with Crippen LogP contribution in [0.15, 0.2) is 146 Å². The Kier molecular flexibility index (Phi) is 6.15. The van der Waals surface area contributed by atoms with Crippen LogP contribution in [0.5, 0.6) is 5.75 Å². The van der Waals surface area contributed by atoms with E-state index in [1.807, 2.05) is 0 Å². The van der Waals surface area contributed by atoms with Crippen molar-refractivity contribution in [3.05, 3.63) is 151 Å². The number of rotatable bonds is 5. The number of aromatic nitrogens is 1. The molecule has 1 aliphatic rings. The summed E-state index contributed by atoms with van der Waals surface area (Å²) in [6, 6.07) is 52.4. The summed E-state index contributed by atoms with van der Waals surface area (Å²) >= 11 is 0. The molecule has 0 radical (unpaired) electrons. The first-order valence-electron chi connectivity index (χ1n) is 15.7. The van der Waals surface area contributed by atoms with Crippen molar-refractivity contribution < 1.29 is 4.74 Å². The van der Waals surface area contributed by atoms with Crippen LogP contribution in [0.25, 0.3) is 38.6 Å². The molecule has 0 fully saturated rings. The summed E-state index contributed by atoms with van der Waals surface area (Å²) in [6.45, 7) is 8.95. The summed E-state index contributed by atoms with van der Waals surface area (Å²) in [7, 11) is 0. The maximum Gasteiger partial charge on any atom is 0.124 e. The minimum Gasteiger partial charge on any atom is -0.487 e. The second-order valence-corrected chi connectivity index (χ2v) is 13.1.